The van der Waals surface area contributed by atoms with Crippen molar-refractivity contribution in [2.75, 3.05) is 27.2 Å². The number of hydrogen-bond acceptors (Lipinski definition) is 12. The second kappa shape index (κ2) is 17.0. The van der Waals surface area contributed by atoms with Crippen LogP contribution in [0.4, 0.5) is 0 Å². The highest BCUT2D eigenvalue weighted by atomic mass is 16.6. The molecule has 1 aliphatic carbocycles. The van der Waals surface area contributed by atoms with Gasteiger partial charge < -0.3 is 34.6 Å². The monoisotopic (exact) mass is 777 g/mol. The van der Waals surface area contributed by atoms with E-state index in [2.05, 4.69) is 10.5 Å². The number of rotatable bonds is 15. The summed E-state index contributed by atoms with van der Waals surface area (Å²) in [5.41, 5.74) is 3.90. The second-order valence-electron chi connectivity index (χ2n) is 15.9. The third kappa shape index (κ3) is 8.97. The molecular weight excluding hydrogens is 727 g/mol. The van der Waals surface area contributed by atoms with E-state index in [1.165, 1.54) is 6.08 Å². The fraction of sp³-hybridized carbons (Fsp3) is 0.409. The number of aromatic nitrogens is 2. The van der Waals surface area contributed by atoms with Crippen LogP contribution < -0.4 is 15.6 Å². The van der Waals surface area contributed by atoms with Crippen molar-refractivity contribution < 1.29 is 34.2 Å². The summed E-state index contributed by atoms with van der Waals surface area (Å²) in [6.45, 7) is 8.68. The van der Waals surface area contributed by atoms with E-state index in [0.29, 0.717) is 70.8 Å². The first kappa shape index (κ1) is 41.3. The van der Waals surface area contributed by atoms with E-state index in [1.54, 1.807) is 42.0 Å². The Labute approximate surface area is 332 Å². The molecule has 4 aromatic rings. The third-order valence-corrected chi connectivity index (χ3v) is 10.2. The Morgan fingerprint density at radius 2 is 1.84 bits per heavy atom. The van der Waals surface area contributed by atoms with Gasteiger partial charge in [-0.3, -0.25) is 19.2 Å². The summed E-state index contributed by atoms with van der Waals surface area (Å²) in [6, 6.07) is 13.0. The van der Waals surface area contributed by atoms with Gasteiger partial charge in [-0.25, -0.2) is 4.98 Å². The van der Waals surface area contributed by atoms with Crippen molar-refractivity contribution in [3.8, 4) is 17.1 Å². The minimum absolute atomic E-state index is 0.0980. The maximum absolute atomic E-state index is 14.1. The average Bonchev–Trinajstić information content (AvgIpc) is 3.54. The van der Waals surface area contributed by atoms with Crippen molar-refractivity contribution in [1.29, 1.82) is 0 Å². The van der Waals surface area contributed by atoms with Crippen molar-refractivity contribution in [3.63, 3.8) is 0 Å². The normalized spacial score (nSPS) is 16.4. The Bertz CT molecular complexity index is 2320. The number of fused-ring (bicyclic) bond motifs is 5. The number of benzene rings is 2. The number of pyridine rings is 2. The predicted octanol–water partition coefficient (Wildman–Crippen LogP) is 4.80. The van der Waals surface area contributed by atoms with Crippen molar-refractivity contribution in [2.45, 2.75) is 90.6 Å². The molecule has 0 bridgehead atoms. The topological polar surface area (TPSA) is 173 Å². The van der Waals surface area contributed by atoms with Gasteiger partial charge >= 0.3 is 5.97 Å². The SMILES string of the molecule is CC[C@@]1(O)C(=O)CCc2c1cc1n(c2=O)Cc2c-1nc1ccc(OC(=O)CCCNCc3ccc(/C=C/C(=O)CO)cc3)c(CN(C)C)c1c2/C=N\OC(C)(C)C. The Kier molecular flexibility index (Phi) is 12.3. The molecule has 0 spiro atoms. The number of oxime groups is 1. The summed E-state index contributed by atoms with van der Waals surface area (Å²) in [5, 5.41) is 28.8. The van der Waals surface area contributed by atoms with E-state index >= 15 is 0 Å². The minimum Gasteiger partial charge on any atom is -0.426 e. The number of Topliss-reactive ketones (excluding diaryl/α,β-unsaturated/α-hetero) is 1. The van der Waals surface area contributed by atoms with Crippen LogP contribution >= 0.6 is 0 Å². The average molecular weight is 778 g/mol. The van der Waals surface area contributed by atoms with E-state index in [-0.39, 0.29) is 55.3 Å². The highest BCUT2D eigenvalue weighted by molar-refractivity contribution is 6.05. The Morgan fingerprint density at radius 3 is 2.53 bits per heavy atom. The van der Waals surface area contributed by atoms with Gasteiger partial charge in [0, 0.05) is 59.1 Å². The maximum atomic E-state index is 14.1. The molecule has 3 heterocycles. The number of hydrogen-bond donors (Lipinski definition) is 3. The number of nitrogens with zero attached hydrogens (tertiary/aromatic N) is 4. The van der Waals surface area contributed by atoms with Gasteiger partial charge in [0.05, 0.1) is 29.7 Å². The lowest BCUT2D eigenvalue weighted by Crippen LogP contribution is -2.43. The zero-order valence-corrected chi connectivity index (χ0v) is 33.5. The van der Waals surface area contributed by atoms with E-state index < -0.39 is 17.8 Å². The van der Waals surface area contributed by atoms with Gasteiger partial charge in [0.15, 0.2) is 11.6 Å². The predicted molar refractivity (Wildman–Crippen MR) is 218 cm³/mol. The number of nitrogens with one attached hydrogen (secondary N) is 1. The molecule has 0 fully saturated rings. The summed E-state index contributed by atoms with van der Waals surface area (Å²) in [6.07, 6.45) is 5.88. The fourth-order valence-electron chi connectivity index (χ4n) is 7.34. The molecule has 0 radical (unpaired) electrons. The van der Waals surface area contributed by atoms with Crippen LogP contribution in [0.3, 0.4) is 0 Å². The molecule has 3 N–H and O–H groups in total. The molecule has 0 saturated heterocycles. The van der Waals surface area contributed by atoms with Gasteiger partial charge in [0.1, 0.15) is 23.6 Å². The number of ether oxygens (including phenoxy) is 1. The molecule has 13 heteroatoms. The zero-order valence-electron chi connectivity index (χ0n) is 33.5. The maximum Gasteiger partial charge on any atom is 0.311 e. The number of aliphatic hydroxyl groups excluding tert-OH is 1. The van der Waals surface area contributed by atoms with Gasteiger partial charge in [0.2, 0.25) is 0 Å². The fourth-order valence-corrected chi connectivity index (χ4v) is 7.34. The standard InChI is InChI=1S/C44H51N5O8/c1-7-44(55)34-21-36-41-32(25-49(36)42(54)30(34)16-19-38(44)52)31(23-46-57-43(2,3)4)40-33(24-48(5)6)37(18-17-35(40)47-41)56-39(53)9-8-20-45-22-28-12-10-27(11-13-28)14-15-29(51)26-50/h10-15,17-18,21,23,45,50,55H,7-9,16,19-20,22,24-26H2,1-6H3/b15-14+,46-23-/t44-/m0/s1. The van der Waals surface area contributed by atoms with Gasteiger partial charge in [-0.05, 0) is 96.1 Å². The van der Waals surface area contributed by atoms with Crippen LogP contribution in [0.25, 0.3) is 28.4 Å². The second-order valence-corrected chi connectivity index (χ2v) is 15.9. The lowest BCUT2D eigenvalue weighted by molar-refractivity contribution is -0.140. The molecule has 0 amide bonds. The summed E-state index contributed by atoms with van der Waals surface area (Å²) in [4.78, 5) is 64.5. The first-order chi connectivity index (χ1) is 27.1. The van der Waals surface area contributed by atoms with Gasteiger partial charge in [-0.2, -0.15) is 0 Å². The minimum atomic E-state index is -1.74. The molecule has 1 atom stereocenters. The molecule has 2 aliphatic rings. The molecule has 6 rings (SSSR count). The first-order valence-electron chi connectivity index (χ1n) is 19.3. The molecule has 57 heavy (non-hydrogen) atoms. The molecular formula is C44H51N5O8. The largest absolute Gasteiger partial charge is 0.426 e. The van der Waals surface area contributed by atoms with Crippen LogP contribution in [-0.2, 0) is 50.9 Å². The Morgan fingerprint density at radius 1 is 1.09 bits per heavy atom. The van der Waals surface area contributed by atoms with Crippen LogP contribution in [0.1, 0.15) is 92.3 Å². The number of ketones is 2. The molecule has 300 valence electrons. The van der Waals surface area contributed by atoms with Crippen molar-refractivity contribution in [3.05, 3.63) is 97.8 Å². The van der Waals surface area contributed by atoms with Crippen molar-refractivity contribution in [2.24, 2.45) is 5.16 Å². The summed E-state index contributed by atoms with van der Waals surface area (Å²) in [5.74, 6) is -0.636. The smallest absolute Gasteiger partial charge is 0.311 e. The van der Waals surface area contributed by atoms with Crippen molar-refractivity contribution >= 4 is 40.7 Å². The van der Waals surface area contributed by atoms with Crippen molar-refractivity contribution in [1.82, 2.24) is 19.8 Å². The highest BCUT2D eigenvalue weighted by Gasteiger charge is 2.43. The lowest BCUT2D eigenvalue weighted by Gasteiger charge is -2.32. The summed E-state index contributed by atoms with van der Waals surface area (Å²) in [7, 11) is 3.85. The van der Waals surface area contributed by atoms with Gasteiger partial charge in [0.25, 0.3) is 5.56 Å². The molecule has 1 aliphatic heterocycles. The number of carbonyl (C=O) groups excluding carboxylic acids is 3. The summed E-state index contributed by atoms with van der Waals surface area (Å²) < 4.78 is 7.70. The van der Waals surface area contributed by atoms with E-state index in [0.717, 1.165) is 22.3 Å². The van der Waals surface area contributed by atoms with Gasteiger partial charge in [-0.15, -0.1) is 0 Å². The third-order valence-electron chi connectivity index (χ3n) is 10.2. The van der Waals surface area contributed by atoms with Crippen LogP contribution in [0, 0.1) is 0 Å². The lowest BCUT2D eigenvalue weighted by atomic mass is 9.77. The Hall–Kier alpha value is -5.34. The quantitative estimate of drug-likeness (QED) is 0.0333. The molecule has 2 aromatic heterocycles. The molecule has 0 saturated carbocycles. The van der Waals surface area contributed by atoms with E-state index in [4.69, 9.17) is 19.7 Å². The molecule has 13 nitrogen and oxygen atoms in total. The number of esters is 1. The molecule has 0 unspecified atom stereocenters. The number of aliphatic hydroxyl groups is 2. The number of carbonyl (C=O) groups is 3. The van der Waals surface area contributed by atoms with E-state index in [9.17, 15) is 24.3 Å². The Balaban J connectivity index is 1.28. The molecule has 2 aromatic carbocycles. The van der Waals surface area contributed by atoms with E-state index in [1.807, 2.05) is 64.0 Å². The van der Waals surface area contributed by atoms with Crippen LogP contribution in [-0.4, -0.2) is 81.3 Å². The highest BCUT2D eigenvalue weighted by Crippen LogP contribution is 2.42. The van der Waals surface area contributed by atoms with Crippen LogP contribution in [0.5, 0.6) is 5.75 Å². The summed E-state index contributed by atoms with van der Waals surface area (Å²) >= 11 is 0. The van der Waals surface area contributed by atoms with Crippen LogP contribution in [0.15, 0.2) is 58.5 Å². The van der Waals surface area contributed by atoms with Gasteiger partial charge in [-0.1, -0.05) is 42.4 Å². The zero-order chi connectivity index (χ0) is 41.1. The van der Waals surface area contributed by atoms with Crippen LogP contribution in [0.2, 0.25) is 0 Å². The first-order valence-corrected chi connectivity index (χ1v) is 19.3.